The topological polar surface area (TPSA) is 115 Å². The third-order valence-corrected chi connectivity index (χ3v) is 7.88. The molecule has 0 atom stereocenters. The number of hydrogen-bond acceptors (Lipinski definition) is 7. The van der Waals surface area contributed by atoms with Crippen molar-refractivity contribution in [1.82, 2.24) is 20.3 Å². The maximum atomic E-state index is 13.8. The Kier molecular flexibility index (Phi) is 7.43. The van der Waals surface area contributed by atoms with E-state index < -0.39 is 27.6 Å². The molecule has 1 aliphatic heterocycles. The van der Waals surface area contributed by atoms with E-state index in [1.54, 1.807) is 30.3 Å². The van der Waals surface area contributed by atoms with Crippen molar-refractivity contribution in [1.29, 1.82) is 0 Å². The van der Waals surface area contributed by atoms with E-state index in [1.165, 1.54) is 12.6 Å². The van der Waals surface area contributed by atoms with Gasteiger partial charge in [-0.05, 0) is 54.4 Å². The maximum absolute atomic E-state index is 13.8. The van der Waals surface area contributed by atoms with Gasteiger partial charge in [0, 0.05) is 54.7 Å². The molecule has 13 heteroatoms. The van der Waals surface area contributed by atoms with Gasteiger partial charge in [0.25, 0.3) is 0 Å². The fourth-order valence-electron chi connectivity index (χ4n) is 4.48. The summed E-state index contributed by atoms with van der Waals surface area (Å²) in [4.78, 5) is 11.3. The van der Waals surface area contributed by atoms with Crippen LogP contribution in [0.2, 0.25) is 0 Å². The summed E-state index contributed by atoms with van der Waals surface area (Å²) in [7, 11) is -2.09. The highest BCUT2D eigenvalue weighted by atomic mass is 32.2. The number of anilines is 4. The highest BCUT2D eigenvalue weighted by Crippen LogP contribution is 2.35. The number of aromatic amines is 1. The molecule has 0 unspecified atom stereocenters. The molecule has 0 saturated heterocycles. The van der Waals surface area contributed by atoms with Crippen LogP contribution in [-0.2, 0) is 22.7 Å². The van der Waals surface area contributed by atoms with Crippen LogP contribution >= 0.6 is 0 Å². The van der Waals surface area contributed by atoms with E-state index in [1.807, 2.05) is 18.3 Å². The van der Waals surface area contributed by atoms with Gasteiger partial charge in [-0.2, -0.15) is 18.2 Å². The van der Waals surface area contributed by atoms with Crippen LogP contribution in [0.15, 0.2) is 60.9 Å². The van der Waals surface area contributed by atoms with Crippen LogP contribution in [0.1, 0.15) is 23.1 Å². The molecule has 0 aliphatic carbocycles. The van der Waals surface area contributed by atoms with Gasteiger partial charge >= 0.3 is 6.18 Å². The van der Waals surface area contributed by atoms with E-state index in [0.29, 0.717) is 16.9 Å². The first-order valence-corrected chi connectivity index (χ1v) is 14.3. The number of aromatic nitrogens is 3. The van der Waals surface area contributed by atoms with E-state index in [0.717, 1.165) is 52.7 Å². The van der Waals surface area contributed by atoms with Gasteiger partial charge in [-0.3, -0.25) is 4.31 Å². The van der Waals surface area contributed by atoms with Gasteiger partial charge in [0.1, 0.15) is 11.4 Å². The Morgan fingerprint density at radius 3 is 2.70 bits per heavy atom. The molecule has 0 amide bonds. The van der Waals surface area contributed by atoms with E-state index >= 15 is 0 Å². The predicted molar refractivity (Wildman–Crippen MR) is 151 cm³/mol. The van der Waals surface area contributed by atoms with Crippen LogP contribution in [0.4, 0.5) is 36.3 Å². The molecule has 4 aromatic rings. The Morgan fingerprint density at radius 1 is 1.15 bits per heavy atom. The van der Waals surface area contributed by atoms with Crippen LogP contribution in [0.5, 0.6) is 0 Å². The monoisotopic (exact) mass is 571 g/mol. The molecular formula is C27H28F3N7O2S. The predicted octanol–water partition coefficient (Wildman–Crippen LogP) is 5.10. The number of alkyl halides is 3. The lowest BCUT2D eigenvalue weighted by Gasteiger charge is -2.18. The molecule has 2 aromatic carbocycles. The summed E-state index contributed by atoms with van der Waals surface area (Å²) in [5.41, 5.74) is 3.84. The average Bonchev–Trinajstić information content (AvgIpc) is 3.34. The van der Waals surface area contributed by atoms with E-state index in [4.69, 9.17) is 0 Å². The van der Waals surface area contributed by atoms with Crippen LogP contribution < -0.4 is 20.3 Å². The molecule has 9 nitrogen and oxygen atoms in total. The first-order chi connectivity index (χ1) is 19.0. The normalized spacial score (nSPS) is 14.2. The summed E-state index contributed by atoms with van der Waals surface area (Å²) >= 11 is 0. The van der Waals surface area contributed by atoms with Crippen molar-refractivity contribution in [2.24, 2.45) is 0 Å². The van der Waals surface area contributed by atoms with Gasteiger partial charge in [0.2, 0.25) is 16.0 Å². The smallest absolute Gasteiger partial charge is 0.365 e. The number of benzene rings is 2. The van der Waals surface area contributed by atoms with Gasteiger partial charge in [-0.25, -0.2) is 13.4 Å². The van der Waals surface area contributed by atoms with Crippen LogP contribution in [0, 0.1) is 0 Å². The molecule has 0 saturated carbocycles. The SMILES string of the molecule is CN(c1cccc(CNc2nc(Nc3ccc4[nH]cc(C5=CCNCC5)c4c3)ncc2C(F)(F)F)c1)S(C)(=O)=O. The Morgan fingerprint density at radius 2 is 1.98 bits per heavy atom. The Hall–Kier alpha value is -4.10. The minimum absolute atomic E-state index is 0.00132. The molecule has 0 bridgehead atoms. The van der Waals surface area contributed by atoms with Crippen molar-refractivity contribution in [3.8, 4) is 0 Å². The molecule has 3 heterocycles. The second-order valence-electron chi connectivity index (χ2n) is 9.48. The standard InChI is InChI=1S/C27H28F3N7O2S/c1-37(40(2,38)39)20-5-3-4-17(12-20)14-33-25-23(27(28,29)30)16-34-26(36-25)35-19-6-7-24-21(13-19)22(15-32-24)18-8-10-31-11-9-18/h3-8,12-13,15-16,31-32H,9-11,14H2,1-2H3,(H2,33,34,35,36). The first-order valence-electron chi connectivity index (χ1n) is 12.5. The molecule has 5 rings (SSSR count). The highest BCUT2D eigenvalue weighted by Gasteiger charge is 2.35. The number of H-pyrrole nitrogens is 1. The second-order valence-corrected chi connectivity index (χ2v) is 11.5. The zero-order chi connectivity index (χ0) is 28.5. The first kappa shape index (κ1) is 27.5. The molecule has 210 valence electrons. The van der Waals surface area contributed by atoms with Crippen LogP contribution in [0.3, 0.4) is 0 Å². The van der Waals surface area contributed by atoms with Crippen LogP contribution in [0.25, 0.3) is 16.5 Å². The molecule has 4 N–H and O–H groups in total. The Balaban J connectivity index is 1.40. The number of fused-ring (bicyclic) bond motifs is 1. The molecule has 0 spiro atoms. The highest BCUT2D eigenvalue weighted by molar-refractivity contribution is 7.92. The van der Waals surface area contributed by atoms with Gasteiger partial charge in [-0.15, -0.1) is 0 Å². The number of hydrogen-bond donors (Lipinski definition) is 4. The Labute approximate surface area is 229 Å². The van der Waals surface area contributed by atoms with Gasteiger partial charge in [0.15, 0.2) is 0 Å². The lowest BCUT2D eigenvalue weighted by Crippen LogP contribution is -2.24. The zero-order valence-electron chi connectivity index (χ0n) is 21.8. The quantitative estimate of drug-likeness (QED) is 0.233. The summed E-state index contributed by atoms with van der Waals surface area (Å²) in [6, 6.07) is 12.1. The lowest BCUT2D eigenvalue weighted by atomic mass is 9.99. The number of nitrogens with one attached hydrogen (secondary N) is 4. The summed E-state index contributed by atoms with van der Waals surface area (Å²) in [5.74, 6) is -0.395. The maximum Gasteiger partial charge on any atom is 0.421 e. The second kappa shape index (κ2) is 10.8. The van der Waals surface area contributed by atoms with Gasteiger partial charge in [0.05, 0.1) is 11.9 Å². The fourth-order valence-corrected chi connectivity index (χ4v) is 4.98. The molecule has 40 heavy (non-hydrogen) atoms. The third-order valence-electron chi connectivity index (χ3n) is 6.67. The van der Waals surface area contributed by atoms with Gasteiger partial charge < -0.3 is 20.9 Å². The summed E-state index contributed by atoms with van der Waals surface area (Å²) in [5, 5.41) is 10.1. The van der Waals surface area contributed by atoms with E-state index in [9.17, 15) is 21.6 Å². The molecule has 0 radical (unpaired) electrons. The van der Waals surface area contributed by atoms with Crippen molar-refractivity contribution < 1.29 is 21.6 Å². The molecular weight excluding hydrogens is 543 g/mol. The van der Waals surface area contributed by atoms with Crippen molar-refractivity contribution in [3.05, 3.63) is 77.6 Å². The average molecular weight is 572 g/mol. The third kappa shape index (κ3) is 6.05. The van der Waals surface area contributed by atoms with E-state index in [2.05, 4.69) is 37.0 Å². The summed E-state index contributed by atoms with van der Waals surface area (Å²) < 4.78 is 66.1. The van der Waals surface area contributed by atoms with Gasteiger partial charge in [-0.1, -0.05) is 18.2 Å². The Bertz CT molecular complexity index is 1680. The number of nitrogens with zero attached hydrogens (tertiary/aromatic N) is 3. The zero-order valence-corrected chi connectivity index (χ0v) is 22.6. The van der Waals surface area contributed by atoms with Crippen molar-refractivity contribution >= 4 is 49.6 Å². The largest absolute Gasteiger partial charge is 0.421 e. The number of rotatable bonds is 8. The number of halogens is 3. The minimum atomic E-state index is -4.68. The molecule has 0 fully saturated rings. The van der Waals surface area contributed by atoms with Crippen molar-refractivity contribution in [3.63, 3.8) is 0 Å². The minimum Gasteiger partial charge on any atom is -0.365 e. The lowest BCUT2D eigenvalue weighted by molar-refractivity contribution is -0.137. The van der Waals surface area contributed by atoms with E-state index in [-0.39, 0.29) is 12.5 Å². The summed E-state index contributed by atoms with van der Waals surface area (Å²) in [6.45, 7) is 1.67. The molecule has 1 aliphatic rings. The van der Waals surface area contributed by atoms with Crippen molar-refractivity contribution in [2.75, 3.05) is 41.3 Å². The molecule has 2 aromatic heterocycles. The number of sulfonamides is 1. The van der Waals surface area contributed by atoms with Crippen molar-refractivity contribution in [2.45, 2.75) is 19.1 Å². The summed E-state index contributed by atoms with van der Waals surface area (Å²) in [6.07, 6.45) is 2.15. The van der Waals surface area contributed by atoms with Crippen LogP contribution in [-0.4, -0.2) is 49.8 Å². The fraction of sp³-hybridized carbons (Fsp3) is 0.259.